The first-order valence-corrected chi connectivity index (χ1v) is 10.0. The summed E-state index contributed by atoms with van der Waals surface area (Å²) in [7, 11) is -3.61. The summed E-state index contributed by atoms with van der Waals surface area (Å²) in [6, 6.07) is 13.9. The number of piperidine rings is 1. The van der Waals surface area contributed by atoms with Gasteiger partial charge in [0.2, 0.25) is 0 Å². The number of rotatable bonds is 5. The Hall–Kier alpha value is -2.54. The first-order chi connectivity index (χ1) is 12.3. The number of aliphatic carboxylic acids is 1. The number of sulfonamides is 1. The highest BCUT2D eigenvalue weighted by atomic mass is 32.2. The van der Waals surface area contributed by atoms with E-state index in [9.17, 15) is 13.2 Å². The molecular weight excluding hydrogens is 352 g/mol. The maximum atomic E-state index is 12.4. The monoisotopic (exact) mass is 374 g/mol. The summed E-state index contributed by atoms with van der Waals surface area (Å²) in [5, 5.41) is 9.07. The van der Waals surface area contributed by atoms with Crippen molar-refractivity contribution in [3.63, 3.8) is 0 Å². The Labute approximate surface area is 153 Å². The molecule has 1 saturated heterocycles. The molecular formula is C19H22N2O4S. The zero-order valence-corrected chi connectivity index (χ0v) is 15.4. The van der Waals surface area contributed by atoms with Crippen LogP contribution in [0.25, 0.3) is 0 Å². The molecule has 138 valence electrons. The Bertz CT molecular complexity index is 869. The second kappa shape index (κ2) is 7.37. The normalized spacial score (nSPS) is 15.7. The van der Waals surface area contributed by atoms with E-state index in [0.29, 0.717) is 31.6 Å². The highest BCUT2D eigenvalue weighted by Gasteiger charge is 2.24. The molecule has 0 saturated carbocycles. The Balaban J connectivity index is 1.66. The molecule has 0 amide bonds. The number of hydrogen-bond donors (Lipinski definition) is 2. The Morgan fingerprint density at radius 2 is 1.62 bits per heavy atom. The van der Waals surface area contributed by atoms with Gasteiger partial charge in [-0.2, -0.15) is 0 Å². The van der Waals surface area contributed by atoms with E-state index < -0.39 is 16.0 Å². The van der Waals surface area contributed by atoms with Crippen LogP contribution < -0.4 is 9.62 Å². The second-order valence-electron chi connectivity index (χ2n) is 6.56. The maximum Gasteiger partial charge on any atom is 0.306 e. The lowest BCUT2D eigenvalue weighted by Gasteiger charge is -2.32. The molecule has 1 aliphatic rings. The fraction of sp³-hybridized carbons (Fsp3) is 0.316. The van der Waals surface area contributed by atoms with Gasteiger partial charge in [-0.05, 0) is 56.2 Å². The van der Waals surface area contributed by atoms with E-state index >= 15 is 0 Å². The third kappa shape index (κ3) is 4.16. The molecule has 0 unspecified atom stereocenters. The molecule has 6 nitrogen and oxygen atoms in total. The predicted molar refractivity (Wildman–Crippen MR) is 101 cm³/mol. The second-order valence-corrected chi connectivity index (χ2v) is 8.25. The molecule has 1 heterocycles. The van der Waals surface area contributed by atoms with Crippen molar-refractivity contribution in [2.45, 2.75) is 24.7 Å². The van der Waals surface area contributed by atoms with E-state index in [0.717, 1.165) is 11.3 Å². The Morgan fingerprint density at radius 3 is 2.15 bits per heavy atom. The van der Waals surface area contributed by atoms with Crippen LogP contribution in [0.4, 0.5) is 11.4 Å². The van der Waals surface area contributed by atoms with Crippen LogP contribution in [-0.2, 0) is 14.8 Å². The number of carboxylic acids is 1. The third-order valence-corrected chi connectivity index (χ3v) is 6.06. The van der Waals surface area contributed by atoms with Gasteiger partial charge in [-0.1, -0.05) is 17.7 Å². The van der Waals surface area contributed by atoms with Crippen molar-refractivity contribution in [2.75, 3.05) is 22.7 Å². The van der Waals surface area contributed by atoms with Crippen LogP contribution in [0.3, 0.4) is 0 Å². The van der Waals surface area contributed by atoms with Crippen LogP contribution in [0, 0.1) is 12.8 Å². The van der Waals surface area contributed by atoms with E-state index in [4.69, 9.17) is 5.11 Å². The third-order valence-electron chi connectivity index (χ3n) is 4.66. The molecule has 2 aromatic rings. The lowest BCUT2D eigenvalue weighted by molar-refractivity contribution is -0.142. The van der Waals surface area contributed by atoms with Crippen LogP contribution in [0.2, 0.25) is 0 Å². The van der Waals surface area contributed by atoms with Crippen LogP contribution in [0.15, 0.2) is 53.4 Å². The number of nitrogens with one attached hydrogen (secondary N) is 1. The number of hydrogen-bond acceptors (Lipinski definition) is 4. The maximum absolute atomic E-state index is 12.4. The highest BCUT2D eigenvalue weighted by molar-refractivity contribution is 7.92. The van der Waals surface area contributed by atoms with Crippen molar-refractivity contribution < 1.29 is 18.3 Å². The minimum absolute atomic E-state index is 0.225. The van der Waals surface area contributed by atoms with Crippen molar-refractivity contribution in [2.24, 2.45) is 5.92 Å². The largest absolute Gasteiger partial charge is 0.481 e. The van der Waals surface area contributed by atoms with Crippen molar-refractivity contribution in [1.29, 1.82) is 0 Å². The molecule has 26 heavy (non-hydrogen) atoms. The molecule has 0 spiro atoms. The molecule has 2 N–H and O–H groups in total. The van der Waals surface area contributed by atoms with Crippen LogP contribution in [0.1, 0.15) is 18.4 Å². The SMILES string of the molecule is Cc1ccc(S(=O)(=O)Nc2ccc(N3CCC(C(=O)O)CC3)cc2)cc1. The average molecular weight is 374 g/mol. The summed E-state index contributed by atoms with van der Waals surface area (Å²) in [6.45, 7) is 3.28. The van der Waals surface area contributed by atoms with Crippen molar-refractivity contribution in [3.05, 3.63) is 54.1 Å². The molecule has 0 atom stereocenters. The summed E-state index contributed by atoms with van der Waals surface area (Å²) in [4.78, 5) is 13.4. The zero-order valence-electron chi connectivity index (χ0n) is 14.6. The van der Waals surface area contributed by atoms with Gasteiger partial charge in [-0.25, -0.2) is 8.42 Å². The number of aryl methyl sites for hydroxylation is 1. The molecule has 2 aromatic carbocycles. The summed E-state index contributed by atoms with van der Waals surface area (Å²) >= 11 is 0. The van der Waals surface area contributed by atoms with Crippen molar-refractivity contribution in [3.8, 4) is 0 Å². The van der Waals surface area contributed by atoms with Gasteiger partial charge in [0, 0.05) is 24.5 Å². The molecule has 0 aliphatic carbocycles. The van der Waals surface area contributed by atoms with E-state index in [-0.39, 0.29) is 10.8 Å². The molecule has 7 heteroatoms. The number of anilines is 2. The van der Waals surface area contributed by atoms with E-state index in [2.05, 4.69) is 9.62 Å². The van der Waals surface area contributed by atoms with Crippen LogP contribution in [-0.4, -0.2) is 32.6 Å². The molecule has 0 aromatic heterocycles. The van der Waals surface area contributed by atoms with E-state index in [1.807, 2.05) is 19.1 Å². The quantitative estimate of drug-likeness (QED) is 0.840. The Kier molecular flexibility index (Phi) is 5.18. The van der Waals surface area contributed by atoms with Gasteiger partial charge in [-0.3, -0.25) is 9.52 Å². The summed E-state index contributed by atoms with van der Waals surface area (Å²) < 4.78 is 27.4. The van der Waals surface area contributed by atoms with E-state index in [1.54, 1.807) is 36.4 Å². The average Bonchev–Trinajstić information content (AvgIpc) is 2.62. The standard InChI is InChI=1S/C19H22N2O4S/c1-14-2-8-18(9-3-14)26(24,25)20-16-4-6-17(7-5-16)21-12-10-15(11-13-21)19(22)23/h2-9,15,20H,10-13H2,1H3,(H,22,23). The fourth-order valence-electron chi connectivity index (χ4n) is 3.06. The first kappa shape index (κ1) is 18.3. The molecule has 0 radical (unpaired) electrons. The minimum atomic E-state index is -3.61. The summed E-state index contributed by atoms with van der Waals surface area (Å²) in [5.41, 5.74) is 2.46. The summed E-state index contributed by atoms with van der Waals surface area (Å²) in [6.07, 6.45) is 1.24. The summed E-state index contributed by atoms with van der Waals surface area (Å²) in [5.74, 6) is -1.00. The van der Waals surface area contributed by atoms with Gasteiger partial charge in [0.1, 0.15) is 0 Å². The number of nitrogens with zero attached hydrogens (tertiary/aromatic N) is 1. The topological polar surface area (TPSA) is 86.7 Å². The van der Waals surface area contributed by atoms with Crippen LogP contribution in [0.5, 0.6) is 0 Å². The number of benzene rings is 2. The van der Waals surface area contributed by atoms with Crippen molar-refractivity contribution >= 4 is 27.4 Å². The minimum Gasteiger partial charge on any atom is -0.481 e. The molecule has 1 aliphatic heterocycles. The van der Waals surface area contributed by atoms with Gasteiger partial charge in [0.05, 0.1) is 10.8 Å². The van der Waals surface area contributed by atoms with Gasteiger partial charge in [0.25, 0.3) is 10.0 Å². The fourth-order valence-corrected chi connectivity index (χ4v) is 4.12. The predicted octanol–water partition coefficient (Wildman–Crippen LogP) is 3.10. The van der Waals surface area contributed by atoms with Crippen LogP contribution >= 0.6 is 0 Å². The Morgan fingerprint density at radius 1 is 1.04 bits per heavy atom. The van der Waals surface area contributed by atoms with Crippen molar-refractivity contribution in [1.82, 2.24) is 0 Å². The van der Waals surface area contributed by atoms with Gasteiger partial charge >= 0.3 is 5.97 Å². The number of carboxylic acid groups (broad SMARTS) is 1. The molecule has 1 fully saturated rings. The highest BCUT2D eigenvalue weighted by Crippen LogP contribution is 2.25. The van der Waals surface area contributed by atoms with Gasteiger partial charge in [-0.15, -0.1) is 0 Å². The zero-order chi connectivity index (χ0) is 18.7. The van der Waals surface area contributed by atoms with Gasteiger partial charge in [0.15, 0.2) is 0 Å². The lowest BCUT2D eigenvalue weighted by Crippen LogP contribution is -2.36. The lowest BCUT2D eigenvalue weighted by atomic mass is 9.97. The van der Waals surface area contributed by atoms with E-state index in [1.165, 1.54) is 0 Å². The van der Waals surface area contributed by atoms with Gasteiger partial charge < -0.3 is 10.0 Å². The molecule has 0 bridgehead atoms. The first-order valence-electron chi connectivity index (χ1n) is 8.52. The molecule has 3 rings (SSSR count). The smallest absolute Gasteiger partial charge is 0.306 e. The number of carbonyl (C=O) groups is 1.